The highest BCUT2D eigenvalue weighted by molar-refractivity contribution is 7.91. The van der Waals surface area contributed by atoms with Crippen LogP contribution in [-0.2, 0) is 24.2 Å². The lowest BCUT2D eigenvalue weighted by Crippen LogP contribution is -2.43. The lowest BCUT2D eigenvalue weighted by molar-refractivity contribution is -0.143. The first-order valence-electron chi connectivity index (χ1n) is 8.39. The van der Waals surface area contributed by atoms with Crippen molar-refractivity contribution >= 4 is 44.8 Å². The Morgan fingerprint density at radius 3 is 2.63 bits per heavy atom. The molecule has 0 saturated carbocycles. The first-order chi connectivity index (χ1) is 12.9. The maximum Gasteiger partial charge on any atom is 0.331 e. The number of hydrogen-bond acceptors (Lipinski definition) is 6. The van der Waals surface area contributed by atoms with Crippen LogP contribution in [0, 0.1) is 0 Å². The Labute approximate surface area is 162 Å². The van der Waals surface area contributed by atoms with Crippen LogP contribution in [0.4, 0.5) is 5.69 Å². The van der Waals surface area contributed by atoms with Crippen LogP contribution in [0.3, 0.4) is 0 Å². The second-order valence-corrected chi connectivity index (χ2v) is 9.16. The number of ether oxygens (including phenoxy) is 1. The van der Waals surface area contributed by atoms with Gasteiger partial charge in [-0.1, -0.05) is 18.2 Å². The zero-order valence-corrected chi connectivity index (χ0v) is 16.1. The van der Waals surface area contributed by atoms with Crippen molar-refractivity contribution in [3.8, 4) is 0 Å². The fourth-order valence-corrected chi connectivity index (χ4v) is 5.24. The predicted molar refractivity (Wildman–Crippen MR) is 105 cm³/mol. The van der Waals surface area contributed by atoms with Gasteiger partial charge in [0.2, 0.25) is 0 Å². The molecule has 0 radical (unpaired) electrons. The fraction of sp³-hybridized carbons (Fsp3) is 0.263. The molecule has 0 N–H and O–H groups in total. The number of thiophene rings is 1. The summed E-state index contributed by atoms with van der Waals surface area (Å²) in [5, 5.41) is 3.77. The topological polar surface area (TPSA) is 80.8 Å². The molecule has 1 fully saturated rings. The smallest absolute Gasteiger partial charge is 0.331 e. The Morgan fingerprint density at radius 1 is 1.22 bits per heavy atom. The molecule has 1 amide bonds. The molecule has 6 nitrogen and oxygen atoms in total. The molecular weight excluding hydrogens is 386 g/mol. The minimum Gasteiger partial charge on any atom is -0.452 e. The number of para-hydroxylation sites is 1. The van der Waals surface area contributed by atoms with E-state index in [0.717, 1.165) is 5.56 Å². The summed E-state index contributed by atoms with van der Waals surface area (Å²) in [6, 6.07) is 10.2. The van der Waals surface area contributed by atoms with E-state index in [1.54, 1.807) is 30.3 Å². The Balaban J connectivity index is 1.67. The first-order valence-corrected chi connectivity index (χ1v) is 11.2. The largest absolute Gasteiger partial charge is 0.452 e. The number of rotatable bonds is 6. The second kappa shape index (κ2) is 8.49. The lowest BCUT2D eigenvalue weighted by Gasteiger charge is -2.28. The van der Waals surface area contributed by atoms with E-state index in [1.165, 1.54) is 22.3 Å². The molecule has 8 heteroatoms. The highest BCUT2D eigenvalue weighted by Crippen LogP contribution is 2.24. The van der Waals surface area contributed by atoms with Crippen LogP contribution in [0.2, 0.25) is 0 Å². The zero-order chi connectivity index (χ0) is 19.3. The second-order valence-electron chi connectivity index (χ2n) is 6.15. The SMILES string of the molecule is O=C(/C=C/c1ccsc1)OCC(=O)N(c1ccccc1)[C@@H]1CCS(=O)(=O)C1. The average Bonchev–Trinajstić information content (AvgIpc) is 3.29. The van der Waals surface area contributed by atoms with Gasteiger partial charge in [0.25, 0.3) is 5.91 Å². The minimum absolute atomic E-state index is 0.0530. The van der Waals surface area contributed by atoms with Crippen molar-refractivity contribution in [1.82, 2.24) is 0 Å². The molecule has 1 aromatic carbocycles. The number of benzene rings is 1. The number of sulfone groups is 1. The number of carbonyl (C=O) groups is 2. The van der Waals surface area contributed by atoms with Gasteiger partial charge >= 0.3 is 5.97 Å². The Hall–Kier alpha value is -2.45. The number of hydrogen-bond donors (Lipinski definition) is 0. The van der Waals surface area contributed by atoms with E-state index in [4.69, 9.17) is 4.74 Å². The van der Waals surface area contributed by atoms with Crippen LogP contribution in [0.15, 0.2) is 53.2 Å². The van der Waals surface area contributed by atoms with Gasteiger partial charge in [0.1, 0.15) is 0 Å². The number of anilines is 1. The van der Waals surface area contributed by atoms with Crippen molar-refractivity contribution in [2.75, 3.05) is 23.0 Å². The molecule has 2 aromatic rings. The third kappa shape index (κ3) is 5.27. The summed E-state index contributed by atoms with van der Waals surface area (Å²) in [5.74, 6) is -1.10. The maximum atomic E-state index is 12.7. The van der Waals surface area contributed by atoms with Gasteiger partial charge in [0, 0.05) is 11.8 Å². The number of esters is 1. The summed E-state index contributed by atoms with van der Waals surface area (Å²) < 4.78 is 28.7. The van der Waals surface area contributed by atoms with Gasteiger partial charge in [0.05, 0.1) is 17.5 Å². The maximum absolute atomic E-state index is 12.7. The zero-order valence-electron chi connectivity index (χ0n) is 14.5. The van der Waals surface area contributed by atoms with Crippen molar-refractivity contribution in [3.05, 3.63) is 58.8 Å². The molecule has 1 saturated heterocycles. The molecule has 27 heavy (non-hydrogen) atoms. The van der Waals surface area contributed by atoms with Gasteiger partial charge in [-0.05, 0) is 47.0 Å². The van der Waals surface area contributed by atoms with Crippen LogP contribution < -0.4 is 4.90 Å². The number of nitrogens with zero attached hydrogens (tertiary/aromatic N) is 1. The summed E-state index contributed by atoms with van der Waals surface area (Å²) in [6.07, 6.45) is 3.25. The van der Waals surface area contributed by atoms with E-state index in [9.17, 15) is 18.0 Å². The van der Waals surface area contributed by atoms with Gasteiger partial charge in [0.15, 0.2) is 16.4 Å². The quantitative estimate of drug-likeness (QED) is 0.545. The Kier molecular flexibility index (Phi) is 6.08. The van der Waals surface area contributed by atoms with E-state index in [0.29, 0.717) is 12.1 Å². The van der Waals surface area contributed by atoms with E-state index in [1.807, 2.05) is 22.9 Å². The van der Waals surface area contributed by atoms with Crippen molar-refractivity contribution in [1.29, 1.82) is 0 Å². The van der Waals surface area contributed by atoms with Gasteiger partial charge in [-0.15, -0.1) is 0 Å². The fourth-order valence-electron chi connectivity index (χ4n) is 2.91. The molecule has 142 valence electrons. The van der Waals surface area contributed by atoms with Gasteiger partial charge in [-0.2, -0.15) is 11.3 Å². The highest BCUT2D eigenvalue weighted by Gasteiger charge is 2.35. The van der Waals surface area contributed by atoms with Crippen molar-refractivity contribution < 1.29 is 22.7 Å². The van der Waals surface area contributed by atoms with E-state index in [-0.39, 0.29) is 11.5 Å². The van der Waals surface area contributed by atoms with E-state index in [2.05, 4.69) is 0 Å². The standard InChI is InChI=1S/C19H19NO5S2/c21-18(12-25-19(22)7-6-15-8-10-26-13-15)20(16-4-2-1-3-5-16)17-9-11-27(23,24)14-17/h1-8,10,13,17H,9,11-12,14H2/b7-6+/t17-/m1/s1. The normalized spacial score (nSPS) is 18.4. The summed E-state index contributed by atoms with van der Waals surface area (Å²) in [4.78, 5) is 26.0. The Morgan fingerprint density at radius 2 is 2.00 bits per heavy atom. The molecule has 0 spiro atoms. The summed E-state index contributed by atoms with van der Waals surface area (Å²) >= 11 is 1.51. The molecule has 0 unspecified atom stereocenters. The third-order valence-corrected chi connectivity index (χ3v) is 6.62. The van der Waals surface area contributed by atoms with Gasteiger partial charge in [-0.3, -0.25) is 4.79 Å². The minimum atomic E-state index is -3.16. The number of amides is 1. The van der Waals surface area contributed by atoms with E-state index >= 15 is 0 Å². The molecule has 1 atom stereocenters. The molecule has 2 heterocycles. The predicted octanol–water partition coefficient (Wildman–Crippen LogP) is 2.52. The summed E-state index contributed by atoms with van der Waals surface area (Å²) in [7, 11) is -3.16. The molecule has 1 aromatic heterocycles. The van der Waals surface area contributed by atoms with Crippen LogP contribution in [-0.4, -0.2) is 44.4 Å². The molecule has 0 aliphatic carbocycles. The molecular formula is C19H19NO5S2. The summed E-state index contributed by atoms with van der Waals surface area (Å²) in [6.45, 7) is -0.446. The molecule has 1 aliphatic rings. The van der Waals surface area contributed by atoms with Crippen molar-refractivity contribution in [2.24, 2.45) is 0 Å². The average molecular weight is 405 g/mol. The molecule has 3 rings (SSSR count). The molecule has 0 bridgehead atoms. The van der Waals surface area contributed by atoms with Crippen molar-refractivity contribution in [2.45, 2.75) is 12.5 Å². The van der Waals surface area contributed by atoms with Gasteiger partial charge < -0.3 is 9.64 Å². The van der Waals surface area contributed by atoms with E-state index < -0.39 is 34.4 Å². The molecule has 1 aliphatic heterocycles. The van der Waals surface area contributed by atoms with Crippen molar-refractivity contribution in [3.63, 3.8) is 0 Å². The van der Waals surface area contributed by atoms with Crippen LogP contribution in [0.5, 0.6) is 0 Å². The van der Waals surface area contributed by atoms with Crippen LogP contribution in [0.1, 0.15) is 12.0 Å². The number of carbonyl (C=O) groups excluding carboxylic acids is 2. The first kappa shape index (κ1) is 19.3. The van der Waals surface area contributed by atoms with Crippen LogP contribution in [0.25, 0.3) is 6.08 Å². The lowest BCUT2D eigenvalue weighted by atomic mass is 10.2. The Bertz CT molecular complexity index is 920. The highest BCUT2D eigenvalue weighted by atomic mass is 32.2. The van der Waals surface area contributed by atoms with Gasteiger partial charge in [-0.25, -0.2) is 13.2 Å². The van der Waals surface area contributed by atoms with Crippen LogP contribution >= 0.6 is 11.3 Å². The third-order valence-electron chi connectivity index (χ3n) is 4.17. The summed E-state index contributed by atoms with van der Waals surface area (Å²) in [5.41, 5.74) is 1.47. The monoisotopic (exact) mass is 405 g/mol.